The second kappa shape index (κ2) is 6.22. The zero-order valence-electron chi connectivity index (χ0n) is 12.2. The number of thioether (sulfide) groups is 1. The highest BCUT2D eigenvalue weighted by Crippen LogP contribution is 2.42. The van der Waals surface area contributed by atoms with Crippen LogP contribution in [-0.2, 0) is 9.59 Å². The van der Waals surface area contributed by atoms with Gasteiger partial charge in [0.25, 0.3) is 11.8 Å². The van der Waals surface area contributed by atoms with E-state index in [-0.39, 0.29) is 11.8 Å². The Kier molecular flexibility index (Phi) is 4.31. The highest BCUT2D eigenvalue weighted by Gasteiger charge is 2.38. The van der Waals surface area contributed by atoms with Gasteiger partial charge in [0.1, 0.15) is 4.32 Å². The lowest BCUT2D eigenvalue weighted by atomic mass is 10.1. The van der Waals surface area contributed by atoms with Crippen molar-refractivity contribution in [3.63, 3.8) is 0 Å². The minimum Gasteiger partial charge on any atom is -0.308 e. The summed E-state index contributed by atoms with van der Waals surface area (Å²) in [6, 6.07) is 7.63. The number of carbonyl (C=O) groups is 2. The zero-order chi connectivity index (χ0) is 15.7. The average Bonchev–Trinajstić information content (AvgIpc) is 2.96. The van der Waals surface area contributed by atoms with Gasteiger partial charge in [-0.25, -0.2) is 0 Å². The Labute approximate surface area is 138 Å². The first-order valence-corrected chi connectivity index (χ1v) is 8.54. The summed E-state index contributed by atoms with van der Waals surface area (Å²) in [4.78, 5) is 27.1. The summed E-state index contributed by atoms with van der Waals surface area (Å²) in [5.41, 5.74) is 2.19. The Morgan fingerprint density at radius 3 is 2.68 bits per heavy atom. The van der Waals surface area contributed by atoms with Crippen molar-refractivity contribution in [1.29, 1.82) is 0 Å². The zero-order valence-corrected chi connectivity index (χ0v) is 13.9. The molecule has 0 spiro atoms. The van der Waals surface area contributed by atoms with Crippen molar-refractivity contribution in [3.8, 4) is 0 Å². The van der Waals surface area contributed by atoms with E-state index in [1.807, 2.05) is 24.3 Å². The number of thiocarbonyl (C=S) groups is 1. The molecule has 2 heterocycles. The molecule has 0 aromatic heterocycles. The van der Waals surface area contributed by atoms with Crippen molar-refractivity contribution < 1.29 is 9.59 Å². The summed E-state index contributed by atoms with van der Waals surface area (Å²) >= 11 is 6.20. The molecule has 1 aromatic rings. The molecule has 1 saturated heterocycles. The lowest BCUT2D eigenvalue weighted by Crippen LogP contribution is -2.28. The Hall–Kier alpha value is -1.66. The highest BCUT2D eigenvalue weighted by molar-refractivity contribution is 8.27. The van der Waals surface area contributed by atoms with E-state index in [1.54, 1.807) is 4.90 Å². The molecule has 0 aliphatic carbocycles. The number of fused-ring (bicyclic) bond motifs is 1. The lowest BCUT2D eigenvalue weighted by Gasteiger charge is -2.16. The Balaban J connectivity index is 2.03. The molecule has 2 aliphatic heterocycles. The molecule has 0 bridgehead atoms. The van der Waals surface area contributed by atoms with Gasteiger partial charge in [0.05, 0.1) is 16.2 Å². The monoisotopic (exact) mass is 332 g/mol. The Morgan fingerprint density at radius 2 is 2.00 bits per heavy atom. The van der Waals surface area contributed by atoms with Gasteiger partial charge in [-0.15, -0.1) is 0 Å². The molecular formula is C16H16N2O2S2. The number of rotatable bonds is 4. The Bertz CT molecular complexity index is 697. The van der Waals surface area contributed by atoms with E-state index in [2.05, 4.69) is 12.2 Å². The number of unbranched alkanes of at least 4 members (excludes halogenated alkanes) is 2. The number of benzene rings is 1. The number of amides is 2. The molecule has 1 fully saturated rings. The van der Waals surface area contributed by atoms with Crippen molar-refractivity contribution in [2.75, 3.05) is 11.4 Å². The number of anilines is 1. The first-order chi connectivity index (χ1) is 10.6. The Morgan fingerprint density at radius 1 is 1.23 bits per heavy atom. The van der Waals surface area contributed by atoms with Gasteiger partial charge in [0.15, 0.2) is 0 Å². The average molecular weight is 332 g/mol. The number of para-hydroxylation sites is 1. The molecule has 114 valence electrons. The van der Waals surface area contributed by atoms with E-state index in [0.717, 1.165) is 30.5 Å². The molecule has 0 saturated carbocycles. The largest absolute Gasteiger partial charge is 0.308 e. The van der Waals surface area contributed by atoms with E-state index in [1.165, 1.54) is 11.8 Å². The fourth-order valence-corrected chi connectivity index (χ4v) is 3.83. The van der Waals surface area contributed by atoms with Crippen LogP contribution in [0.4, 0.5) is 5.69 Å². The molecule has 1 N–H and O–H groups in total. The fraction of sp³-hybridized carbons (Fsp3) is 0.312. The minimum absolute atomic E-state index is 0.0975. The van der Waals surface area contributed by atoms with Crippen molar-refractivity contribution >= 4 is 51.4 Å². The second-order valence-corrected chi connectivity index (χ2v) is 6.92. The summed E-state index contributed by atoms with van der Waals surface area (Å²) in [6.07, 6.45) is 3.14. The van der Waals surface area contributed by atoms with Gasteiger partial charge < -0.3 is 10.2 Å². The summed E-state index contributed by atoms with van der Waals surface area (Å²) < 4.78 is 0.405. The number of carbonyl (C=O) groups excluding carboxylic acids is 2. The molecule has 22 heavy (non-hydrogen) atoms. The van der Waals surface area contributed by atoms with Crippen molar-refractivity contribution in [3.05, 3.63) is 34.7 Å². The molecule has 0 atom stereocenters. The maximum atomic E-state index is 12.8. The summed E-state index contributed by atoms with van der Waals surface area (Å²) in [7, 11) is 0. The third kappa shape index (κ3) is 2.57. The summed E-state index contributed by atoms with van der Waals surface area (Å²) in [5.74, 6) is -0.372. The predicted molar refractivity (Wildman–Crippen MR) is 93.6 cm³/mol. The highest BCUT2D eigenvalue weighted by atomic mass is 32.2. The van der Waals surface area contributed by atoms with Crippen LogP contribution in [0.1, 0.15) is 31.7 Å². The molecule has 1 aromatic carbocycles. The van der Waals surface area contributed by atoms with Crippen LogP contribution in [-0.4, -0.2) is 22.7 Å². The predicted octanol–water partition coefficient (Wildman–Crippen LogP) is 3.08. The second-order valence-electron chi connectivity index (χ2n) is 5.23. The van der Waals surface area contributed by atoms with E-state index in [9.17, 15) is 9.59 Å². The van der Waals surface area contributed by atoms with Crippen LogP contribution >= 0.6 is 24.0 Å². The number of nitrogens with zero attached hydrogens (tertiary/aromatic N) is 1. The molecule has 6 heteroatoms. The van der Waals surface area contributed by atoms with Crippen LogP contribution in [0.15, 0.2) is 29.2 Å². The van der Waals surface area contributed by atoms with Gasteiger partial charge in [-0.2, -0.15) is 0 Å². The van der Waals surface area contributed by atoms with Crippen LogP contribution in [0.3, 0.4) is 0 Å². The number of hydrogen-bond acceptors (Lipinski definition) is 4. The normalized spacial score (nSPS) is 20.6. The third-order valence-electron chi connectivity index (χ3n) is 3.75. The molecule has 0 radical (unpaired) electrons. The fourth-order valence-electron chi connectivity index (χ4n) is 2.72. The van der Waals surface area contributed by atoms with Crippen LogP contribution in [0, 0.1) is 0 Å². The molecular weight excluding hydrogens is 316 g/mol. The molecule has 2 aliphatic rings. The number of hydrogen-bond donors (Lipinski definition) is 1. The molecule has 0 unspecified atom stereocenters. The van der Waals surface area contributed by atoms with Crippen LogP contribution in [0.5, 0.6) is 0 Å². The van der Waals surface area contributed by atoms with Gasteiger partial charge in [-0.1, -0.05) is 61.9 Å². The minimum atomic E-state index is -0.274. The quantitative estimate of drug-likeness (QED) is 0.523. The van der Waals surface area contributed by atoms with E-state index in [0.29, 0.717) is 21.3 Å². The van der Waals surface area contributed by atoms with E-state index < -0.39 is 0 Å². The lowest BCUT2D eigenvalue weighted by molar-refractivity contribution is -0.116. The smallest absolute Gasteiger partial charge is 0.264 e. The van der Waals surface area contributed by atoms with Crippen molar-refractivity contribution in [2.24, 2.45) is 0 Å². The van der Waals surface area contributed by atoms with Gasteiger partial charge in [0, 0.05) is 12.1 Å². The maximum absolute atomic E-state index is 12.8. The van der Waals surface area contributed by atoms with Crippen molar-refractivity contribution in [2.45, 2.75) is 26.2 Å². The molecule has 3 rings (SSSR count). The van der Waals surface area contributed by atoms with Crippen molar-refractivity contribution in [1.82, 2.24) is 5.32 Å². The molecule has 4 nitrogen and oxygen atoms in total. The van der Waals surface area contributed by atoms with Crippen LogP contribution in [0.25, 0.3) is 5.57 Å². The van der Waals surface area contributed by atoms with Gasteiger partial charge in [0.2, 0.25) is 0 Å². The topological polar surface area (TPSA) is 49.4 Å². The first-order valence-electron chi connectivity index (χ1n) is 7.32. The van der Waals surface area contributed by atoms with E-state index in [4.69, 9.17) is 12.2 Å². The van der Waals surface area contributed by atoms with E-state index >= 15 is 0 Å². The van der Waals surface area contributed by atoms with Gasteiger partial charge in [-0.05, 0) is 12.5 Å². The third-order valence-corrected chi connectivity index (χ3v) is 4.99. The maximum Gasteiger partial charge on any atom is 0.264 e. The number of nitrogens with one attached hydrogen (secondary N) is 1. The SMILES string of the molecule is CCCCCN1C(=O)/C(=C2\SC(=S)NC2=O)c2ccccc21. The first kappa shape index (κ1) is 15.2. The van der Waals surface area contributed by atoms with Gasteiger partial charge >= 0.3 is 0 Å². The molecule has 2 amide bonds. The summed E-state index contributed by atoms with van der Waals surface area (Å²) in [6.45, 7) is 2.81. The van der Waals surface area contributed by atoms with Gasteiger partial charge in [-0.3, -0.25) is 9.59 Å². The summed E-state index contributed by atoms with van der Waals surface area (Å²) in [5, 5.41) is 2.59. The van der Waals surface area contributed by atoms with Crippen LogP contribution in [0.2, 0.25) is 0 Å². The standard InChI is InChI=1S/C16H16N2O2S2/c1-2-3-6-9-18-11-8-5-4-7-10(11)12(15(18)20)13-14(19)17-16(21)22-13/h4-5,7-8H,2-3,6,9H2,1H3,(H,17,19,21)/b13-12-. The van der Waals surface area contributed by atoms with Crippen LogP contribution < -0.4 is 10.2 Å².